The van der Waals surface area contributed by atoms with Gasteiger partial charge in [0, 0.05) is 0 Å². The van der Waals surface area contributed by atoms with Crippen LogP contribution in [0.15, 0.2) is 6.20 Å². The Labute approximate surface area is 47.3 Å². The van der Waals surface area contributed by atoms with Gasteiger partial charge in [-0.05, 0) is 12.8 Å². The Balaban J connectivity index is 2.28. The van der Waals surface area contributed by atoms with Crippen LogP contribution in [0.1, 0.15) is 18.9 Å². The first kappa shape index (κ1) is 4.06. The predicted octanol–water partition coefficient (Wildman–Crippen LogP) is 0.413. The number of nitrogens with zero attached hydrogens (tertiary/aromatic N) is 3. The quantitative estimate of drug-likeness (QED) is 0.521. The molecule has 0 aromatic carbocycles. The summed E-state index contributed by atoms with van der Waals surface area (Å²) < 4.78 is 1.86. The van der Waals surface area contributed by atoms with Crippen LogP contribution in [0.25, 0.3) is 0 Å². The van der Waals surface area contributed by atoms with Gasteiger partial charge in [-0.2, -0.15) is 0 Å². The molecule has 1 heterocycles. The molecule has 1 radical (unpaired) electrons. The van der Waals surface area contributed by atoms with Gasteiger partial charge in [0.15, 0.2) is 0 Å². The average molecular weight is 108 g/mol. The van der Waals surface area contributed by atoms with Gasteiger partial charge in [-0.1, -0.05) is 5.21 Å². The highest BCUT2D eigenvalue weighted by atomic mass is 15.4. The molecule has 0 spiro atoms. The fourth-order valence-electron chi connectivity index (χ4n) is 0.706. The molecule has 0 amide bonds. The van der Waals surface area contributed by atoms with Gasteiger partial charge in [-0.3, -0.25) is 0 Å². The van der Waals surface area contributed by atoms with E-state index in [1.54, 1.807) is 6.20 Å². The van der Waals surface area contributed by atoms with E-state index in [2.05, 4.69) is 16.5 Å². The summed E-state index contributed by atoms with van der Waals surface area (Å²) in [6.07, 6.45) is 6.96. The third kappa shape index (κ3) is 0.510. The lowest BCUT2D eigenvalue weighted by Crippen LogP contribution is -1.92. The first-order chi connectivity index (χ1) is 3.97. The molecule has 0 aliphatic heterocycles. The largest absolute Gasteiger partial charge is 0.249 e. The fraction of sp³-hybridized carbons (Fsp3) is 0.600. The normalized spacial score (nSPS) is 19.0. The van der Waals surface area contributed by atoms with Crippen LogP contribution in [0.4, 0.5) is 0 Å². The van der Waals surface area contributed by atoms with Gasteiger partial charge in [0.1, 0.15) is 6.20 Å². The number of hydrogen-bond acceptors (Lipinski definition) is 2. The summed E-state index contributed by atoms with van der Waals surface area (Å²) in [5.74, 6) is 0. The van der Waals surface area contributed by atoms with Crippen LogP contribution in [0.5, 0.6) is 0 Å². The molecule has 0 saturated heterocycles. The maximum atomic E-state index is 3.79. The van der Waals surface area contributed by atoms with Crippen molar-refractivity contribution in [1.29, 1.82) is 0 Å². The van der Waals surface area contributed by atoms with Crippen molar-refractivity contribution >= 4 is 0 Å². The Morgan fingerprint density at radius 3 is 3.00 bits per heavy atom. The number of hydrogen-bond donors (Lipinski definition) is 0. The van der Waals surface area contributed by atoms with E-state index >= 15 is 0 Å². The van der Waals surface area contributed by atoms with Gasteiger partial charge in [0.25, 0.3) is 0 Å². The molecule has 0 bridgehead atoms. The van der Waals surface area contributed by atoms with Crippen molar-refractivity contribution in [2.24, 2.45) is 0 Å². The average Bonchev–Trinajstić information content (AvgIpc) is 2.49. The van der Waals surface area contributed by atoms with E-state index in [0.717, 1.165) is 0 Å². The summed E-state index contributed by atoms with van der Waals surface area (Å²) in [6, 6.07) is 0.647. The van der Waals surface area contributed by atoms with Crippen LogP contribution < -0.4 is 0 Å². The molecular formula is C5H6N3. The van der Waals surface area contributed by atoms with E-state index in [1.807, 2.05) is 4.68 Å². The van der Waals surface area contributed by atoms with Gasteiger partial charge >= 0.3 is 0 Å². The van der Waals surface area contributed by atoms with Crippen LogP contribution in [0.3, 0.4) is 0 Å². The molecule has 2 rings (SSSR count). The molecule has 1 saturated carbocycles. The van der Waals surface area contributed by atoms with E-state index in [4.69, 9.17) is 0 Å². The molecule has 1 aromatic rings. The van der Waals surface area contributed by atoms with Gasteiger partial charge < -0.3 is 0 Å². The first-order valence-corrected chi connectivity index (χ1v) is 2.75. The topological polar surface area (TPSA) is 30.7 Å². The van der Waals surface area contributed by atoms with Crippen molar-refractivity contribution in [2.75, 3.05) is 0 Å². The molecule has 1 aliphatic carbocycles. The first-order valence-electron chi connectivity index (χ1n) is 2.75. The summed E-state index contributed by atoms with van der Waals surface area (Å²) in [6.45, 7) is 0. The Hall–Kier alpha value is -0.860. The second-order valence-electron chi connectivity index (χ2n) is 2.06. The smallest absolute Gasteiger partial charge is 0.134 e. The predicted molar refractivity (Wildman–Crippen MR) is 27.1 cm³/mol. The van der Waals surface area contributed by atoms with Crippen molar-refractivity contribution < 1.29 is 0 Å². The van der Waals surface area contributed by atoms with E-state index in [1.165, 1.54) is 12.8 Å². The summed E-state index contributed by atoms with van der Waals surface area (Å²) in [5.41, 5.74) is 0. The maximum Gasteiger partial charge on any atom is 0.134 e. The lowest BCUT2D eigenvalue weighted by Gasteiger charge is -1.88. The third-order valence-electron chi connectivity index (χ3n) is 1.32. The van der Waals surface area contributed by atoms with Crippen LogP contribution in [0, 0.1) is 6.20 Å². The minimum Gasteiger partial charge on any atom is -0.249 e. The molecular weight excluding hydrogens is 102 g/mol. The fourth-order valence-corrected chi connectivity index (χ4v) is 0.706. The Bertz CT molecular complexity index is 164. The van der Waals surface area contributed by atoms with Gasteiger partial charge in [-0.25, -0.2) is 4.68 Å². The Morgan fingerprint density at radius 1 is 1.62 bits per heavy atom. The summed E-state index contributed by atoms with van der Waals surface area (Å²) in [5, 5.41) is 7.36. The zero-order valence-corrected chi connectivity index (χ0v) is 4.41. The van der Waals surface area contributed by atoms with Crippen LogP contribution in [-0.4, -0.2) is 15.0 Å². The molecule has 1 aromatic heterocycles. The Kier molecular flexibility index (Phi) is 0.664. The van der Waals surface area contributed by atoms with Gasteiger partial charge in [0.2, 0.25) is 0 Å². The molecule has 41 valence electrons. The molecule has 1 fully saturated rings. The highest BCUT2D eigenvalue weighted by molar-refractivity contribution is 4.80. The standard InChI is InChI=1S/C5H6N3/c1-2-5(1)8-4-3-6-7-8/h4-5H,1-2H2. The number of rotatable bonds is 1. The summed E-state index contributed by atoms with van der Waals surface area (Å²) in [7, 11) is 0. The SMILES string of the molecule is [c]1cn(C2CC2)nn1. The zero-order chi connectivity index (χ0) is 5.40. The van der Waals surface area contributed by atoms with E-state index in [-0.39, 0.29) is 0 Å². The Morgan fingerprint density at radius 2 is 2.50 bits per heavy atom. The molecule has 0 N–H and O–H groups in total. The zero-order valence-electron chi connectivity index (χ0n) is 4.41. The molecule has 0 atom stereocenters. The molecule has 8 heavy (non-hydrogen) atoms. The highest BCUT2D eigenvalue weighted by Crippen LogP contribution is 2.33. The monoisotopic (exact) mass is 108 g/mol. The summed E-state index contributed by atoms with van der Waals surface area (Å²) >= 11 is 0. The second-order valence-corrected chi connectivity index (χ2v) is 2.06. The van der Waals surface area contributed by atoms with Crippen molar-refractivity contribution in [3.8, 4) is 0 Å². The van der Waals surface area contributed by atoms with Gasteiger partial charge in [0.05, 0.1) is 12.2 Å². The molecule has 3 nitrogen and oxygen atoms in total. The summed E-state index contributed by atoms with van der Waals surface area (Å²) in [4.78, 5) is 0. The minimum atomic E-state index is 0.647. The van der Waals surface area contributed by atoms with E-state index in [9.17, 15) is 0 Å². The lowest BCUT2D eigenvalue weighted by atomic mass is 10.7. The van der Waals surface area contributed by atoms with Crippen molar-refractivity contribution in [1.82, 2.24) is 15.0 Å². The lowest BCUT2D eigenvalue weighted by molar-refractivity contribution is 0.610. The van der Waals surface area contributed by atoms with Crippen molar-refractivity contribution in [3.63, 3.8) is 0 Å². The van der Waals surface area contributed by atoms with Crippen molar-refractivity contribution in [2.45, 2.75) is 18.9 Å². The van der Waals surface area contributed by atoms with Crippen LogP contribution in [-0.2, 0) is 0 Å². The number of aromatic nitrogens is 3. The molecule has 1 aliphatic rings. The minimum absolute atomic E-state index is 0.647. The maximum absolute atomic E-state index is 3.79. The molecule has 0 unspecified atom stereocenters. The van der Waals surface area contributed by atoms with E-state index < -0.39 is 0 Å². The van der Waals surface area contributed by atoms with Crippen LogP contribution in [0.2, 0.25) is 0 Å². The highest BCUT2D eigenvalue weighted by Gasteiger charge is 2.23. The van der Waals surface area contributed by atoms with Gasteiger partial charge in [-0.15, -0.1) is 5.10 Å². The van der Waals surface area contributed by atoms with E-state index in [0.29, 0.717) is 6.04 Å². The van der Waals surface area contributed by atoms with Crippen LogP contribution >= 0.6 is 0 Å². The molecule has 3 heteroatoms. The third-order valence-corrected chi connectivity index (χ3v) is 1.32. The van der Waals surface area contributed by atoms with Crippen molar-refractivity contribution in [3.05, 3.63) is 12.4 Å². The second kappa shape index (κ2) is 1.31.